The van der Waals surface area contributed by atoms with Gasteiger partial charge in [-0.25, -0.2) is 4.98 Å². The van der Waals surface area contributed by atoms with Gasteiger partial charge >= 0.3 is 0 Å². The molecule has 0 saturated carbocycles. The summed E-state index contributed by atoms with van der Waals surface area (Å²) in [7, 11) is 0. The zero-order valence-electron chi connectivity index (χ0n) is 16.7. The minimum absolute atomic E-state index is 0.00145. The van der Waals surface area contributed by atoms with Gasteiger partial charge in [0.1, 0.15) is 5.82 Å². The van der Waals surface area contributed by atoms with Crippen LogP contribution in [0.5, 0.6) is 0 Å². The molecule has 0 aliphatic carbocycles. The van der Waals surface area contributed by atoms with Crippen LogP contribution < -0.4 is 10.2 Å². The highest BCUT2D eigenvalue weighted by Gasteiger charge is 2.28. The van der Waals surface area contributed by atoms with E-state index in [1.165, 1.54) is 21.2 Å². The van der Waals surface area contributed by atoms with Crippen LogP contribution in [0.2, 0.25) is 0 Å². The first-order valence-electron chi connectivity index (χ1n) is 9.97. The van der Waals surface area contributed by atoms with Crippen molar-refractivity contribution in [3.63, 3.8) is 0 Å². The maximum absolute atomic E-state index is 13.0. The SMILES string of the molecule is Cc1ccc([C@H](C)NC(=O)[C@H]2CCCN(c3nccc4sccc34)C2)cc1C. The number of pyridine rings is 1. The summed E-state index contributed by atoms with van der Waals surface area (Å²) in [5.41, 5.74) is 3.70. The summed E-state index contributed by atoms with van der Waals surface area (Å²) in [6, 6.07) is 10.6. The van der Waals surface area contributed by atoms with Crippen LogP contribution >= 0.6 is 11.3 Å². The summed E-state index contributed by atoms with van der Waals surface area (Å²) in [5, 5.41) is 6.53. The van der Waals surface area contributed by atoms with Crippen LogP contribution in [0.4, 0.5) is 5.82 Å². The van der Waals surface area contributed by atoms with Crippen molar-refractivity contribution in [1.29, 1.82) is 0 Å². The van der Waals surface area contributed by atoms with Gasteiger partial charge in [0.2, 0.25) is 5.91 Å². The third-order valence-corrected chi connectivity index (χ3v) is 6.72. The summed E-state index contributed by atoms with van der Waals surface area (Å²) in [4.78, 5) is 19.9. The lowest BCUT2D eigenvalue weighted by Crippen LogP contribution is -2.44. The Bertz CT molecular complexity index is 996. The van der Waals surface area contributed by atoms with E-state index in [-0.39, 0.29) is 17.9 Å². The molecular weight excluding hydrogens is 366 g/mol. The number of nitrogens with zero attached hydrogens (tertiary/aromatic N) is 2. The Morgan fingerprint density at radius 2 is 2.11 bits per heavy atom. The van der Waals surface area contributed by atoms with Gasteiger partial charge in [0.25, 0.3) is 0 Å². The number of rotatable bonds is 4. The molecule has 1 saturated heterocycles. The predicted molar refractivity (Wildman–Crippen MR) is 117 cm³/mol. The topological polar surface area (TPSA) is 45.2 Å². The number of hydrogen-bond acceptors (Lipinski definition) is 4. The Labute approximate surface area is 170 Å². The fraction of sp³-hybridized carbons (Fsp3) is 0.391. The first kappa shape index (κ1) is 18.9. The Hall–Kier alpha value is -2.40. The van der Waals surface area contributed by atoms with Gasteiger partial charge in [0.15, 0.2) is 0 Å². The second-order valence-corrected chi connectivity index (χ2v) is 8.77. The molecule has 4 nitrogen and oxygen atoms in total. The summed E-state index contributed by atoms with van der Waals surface area (Å²) in [5.74, 6) is 1.16. The molecule has 5 heteroatoms. The number of piperidine rings is 1. The van der Waals surface area contributed by atoms with Crippen molar-refractivity contribution in [3.8, 4) is 0 Å². The molecule has 0 spiro atoms. The normalized spacial score (nSPS) is 18.2. The lowest BCUT2D eigenvalue weighted by Gasteiger charge is -2.33. The molecule has 146 valence electrons. The lowest BCUT2D eigenvalue weighted by atomic mass is 9.95. The van der Waals surface area contributed by atoms with Gasteiger partial charge in [0.05, 0.1) is 12.0 Å². The highest BCUT2D eigenvalue weighted by Crippen LogP contribution is 2.31. The second kappa shape index (κ2) is 7.92. The first-order chi connectivity index (χ1) is 13.5. The third-order valence-electron chi connectivity index (χ3n) is 5.84. The van der Waals surface area contributed by atoms with Crippen molar-refractivity contribution in [2.75, 3.05) is 18.0 Å². The van der Waals surface area contributed by atoms with Gasteiger partial charge in [-0.1, -0.05) is 18.2 Å². The van der Waals surface area contributed by atoms with E-state index in [4.69, 9.17) is 0 Å². The molecule has 1 aromatic carbocycles. The van der Waals surface area contributed by atoms with E-state index >= 15 is 0 Å². The molecule has 1 aliphatic rings. The minimum Gasteiger partial charge on any atom is -0.355 e. The summed E-state index contributed by atoms with van der Waals surface area (Å²) in [6.07, 6.45) is 3.82. The number of anilines is 1. The van der Waals surface area contributed by atoms with Crippen LogP contribution in [0.1, 0.15) is 42.5 Å². The Kier molecular flexibility index (Phi) is 5.36. The van der Waals surface area contributed by atoms with E-state index in [0.29, 0.717) is 0 Å². The van der Waals surface area contributed by atoms with Crippen LogP contribution in [0.25, 0.3) is 10.1 Å². The molecule has 0 unspecified atom stereocenters. The maximum atomic E-state index is 13.0. The molecule has 28 heavy (non-hydrogen) atoms. The number of benzene rings is 1. The summed E-state index contributed by atoms with van der Waals surface area (Å²) in [6.45, 7) is 7.98. The van der Waals surface area contributed by atoms with Gasteiger partial charge < -0.3 is 10.2 Å². The zero-order chi connectivity index (χ0) is 19.7. The number of nitrogens with one attached hydrogen (secondary N) is 1. The van der Waals surface area contributed by atoms with Crippen LogP contribution in [-0.2, 0) is 4.79 Å². The predicted octanol–water partition coefficient (Wildman–Crippen LogP) is 5.01. The van der Waals surface area contributed by atoms with E-state index in [9.17, 15) is 4.79 Å². The van der Waals surface area contributed by atoms with Crippen LogP contribution in [0.15, 0.2) is 41.9 Å². The number of thiophene rings is 1. The smallest absolute Gasteiger partial charge is 0.225 e. The number of amides is 1. The number of aryl methyl sites for hydroxylation is 2. The van der Waals surface area contributed by atoms with E-state index < -0.39 is 0 Å². The minimum atomic E-state index is -0.00145. The molecule has 1 N–H and O–H groups in total. The van der Waals surface area contributed by atoms with Crippen molar-refractivity contribution >= 4 is 33.1 Å². The fourth-order valence-electron chi connectivity index (χ4n) is 3.96. The van der Waals surface area contributed by atoms with Crippen molar-refractivity contribution in [2.24, 2.45) is 5.92 Å². The van der Waals surface area contributed by atoms with E-state index in [2.05, 4.69) is 71.7 Å². The van der Waals surface area contributed by atoms with Crippen LogP contribution in [-0.4, -0.2) is 24.0 Å². The first-order valence-corrected chi connectivity index (χ1v) is 10.9. The molecule has 4 rings (SSSR count). The van der Waals surface area contributed by atoms with Crippen molar-refractivity contribution in [3.05, 3.63) is 58.6 Å². The molecule has 3 heterocycles. The van der Waals surface area contributed by atoms with E-state index in [1.54, 1.807) is 11.3 Å². The van der Waals surface area contributed by atoms with Crippen LogP contribution in [0, 0.1) is 19.8 Å². The summed E-state index contributed by atoms with van der Waals surface area (Å²) >= 11 is 1.73. The Balaban J connectivity index is 1.46. The molecule has 2 atom stereocenters. The molecule has 1 aliphatic heterocycles. The largest absolute Gasteiger partial charge is 0.355 e. The Morgan fingerprint density at radius 3 is 2.93 bits per heavy atom. The van der Waals surface area contributed by atoms with Gasteiger partial charge in [-0.2, -0.15) is 0 Å². The third kappa shape index (κ3) is 3.76. The fourth-order valence-corrected chi connectivity index (χ4v) is 4.74. The molecule has 1 fully saturated rings. The van der Waals surface area contributed by atoms with Crippen molar-refractivity contribution in [1.82, 2.24) is 10.3 Å². The average molecular weight is 394 g/mol. The van der Waals surface area contributed by atoms with Gasteiger partial charge in [-0.15, -0.1) is 11.3 Å². The highest BCUT2D eigenvalue weighted by molar-refractivity contribution is 7.17. The quantitative estimate of drug-likeness (QED) is 0.678. The molecule has 2 aromatic heterocycles. The second-order valence-electron chi connectivity index (χ2n) is 7.83. The van der Waals surface area contributed by atoms with E-state index in [1.807, 2.05) is 6.20 Å². The number of carbonyl (C=O) groups excluding carboxylic acids is 1. The molecular formula is C23H27N3OS. The standard InChI is InChI=1S/C23H27N3OS/c1-15-6-7-18(13-16(15)2)17(3)25-23(27)19-5-4-11-26(14-19)22-20-9-12-28-21(20)8-10-24-22/h6-10,12-13,17,19H,4-5,11,14H2,1-3H3,(H,25,27)/t17-,19-/m0/s1. The number of fused-ring (bicyclic) bond motifs is 1. The van der Waals surface area contributed by atoms with Gasteiger partial charge in [-0.05, 0) is 67.8 Å². The van der Waals surface area contributed by atoms with E-state index in [0.717, 1.165) is 37.3 Å². The van der Waals surface area contributed by atoms with Crippen molar-refractivity contribution < 1.29 is 4.79 Å². The molecule has 3 aromatic rings. The molecule has 1 amide bonds. The monoisotopic (exact) mass is 393 g/mol. The average Bonchev–Trinajstić information content (AvgIpc) is 3.19. The molecule has 0 bridgehead atoms. The lowest BCUT2D eigenvalue weighted by molar-refractivity contribution is -0.125. The highest BCUT2D eigenvalue weighted by atomic mass is 32.1. The van der Waals surface area contributed by atoms with Crippen LogP contribution in [0.3, 0.4) is 0 Å². The van der Waals surface area contributed by atoms with Crippen molar-refractivity contribution in [2.45, 2.75) is 39.7 Å². The summed E-state index contributed by atoms with van der Waals surface area (Å²) < 4.78 is 1.25. The maximum Gasteiger partial charge on any atom is 0.225 e. The zero-order valence-corrected chi connectivity index (χ0v) is 17.6. The molecule has 0 radical (unpaired) electrons. The Morgan fingerprint density at radius 1 is 1.25 bits per heavy atom. The van der Waals surface area contributed by atoms with Gasteiger partial charge in [-0.3, -0.25) is 4.79 Å². The number of hydrogen-bond donors (Lipinski definition) is 1. The van der Waals surface area contributed by atoms with Gasteiger partial charge in [0, 0.05) is 29.4 Å². The number of carbonyl (C=O) groups is 1. The number of aromatic nitrogens is 1.